The van der Waals surface area contributed by atoms with Crippen LogP contribution in [0.4, 0.5) is 5.69 Å². The molecule has 51 heavy (non-hydrogen) atoms. The lowest BCUT2D eigenvalue weighted by molar-refractivity contribution is -0.384. The number of carbonyl (C=O) groups excluding carboxylic acids is 4. The van der Waals surface area contributed by atoms with Gasteiger partial charge in [0.25, 0.3) is 23.4 Å². The number of non-ortho nitro benzene ring substituents is 1. The molecule has 4 aliphatic rings. The summed E-state index contributed by atoms with van der Waals surface area (Å²) in [6.07, 6.45) is 0. The predicted octanol–water partition coefficient (Wildman–Crippen LogP) is 7.83. The van der Waals surface area contributed by atoms with Gasteiger partial charge in [-0.2, -0.15) is 5.01 Å². The van der Waals surface area contributed by atoms with Gasteiger partial charge >= 0.3 is 0 Å². The van der Waals surface area contributed by atoms with Crippen LogP contribution in [-0.4, -0.2) is 45.0 Å². The Morgan fingerprint density at radius 2 is 1.22 bits per heavy atom. The van der Waals surface area contributed by atoms with E-state index >= 15 is 0 Å². The lowest BCUT2D eigenvalue weighted by Gasteiger charge is -2.45. The number of ether oxygens (including phenoxy) is 1. The van der Waals surface area contributed by atoms with Crippen LogP contribution in [0.5, 0.6) is 11.5 Å². The van der Waals surface area contributed by atoms with Crippen molar-refractivity contribution >= 4 is 52.4 Å². The molecule has 0 saturated carbocycles. The van der Waals surface area contributed by atoms with E-state index in [0.29, 0.717) is 11.5 Å². The number of amides is 3. The van der Waals surface area contributed by atoms with Crippen molar-refractivity contribution in [3.8, 4) is 11.5 Å². The summed E-state index contributed by atoms with van der Waals surface area (Å²) in [5, 5.41) is 13.0. The van der Waals surface area contributed by atoms with Gasteiger partial charge in [0.05, 0.1) is 27.3 Å². The fraction of sp³-hybridized carbons (Fsp3) is 0.128. The van der Waals surface area contributed by atoms with E-state index < -0.39 is 58.6 Å². The van der Waals surface area contributed by atoms with Crippen LogP contribution in [0.25, 0.3) is 0 Å². The monoisotopic (exact) mass is 717 g/mol. The molecule has 1 aliphatic heterocycles. The van der Waals surface area contributed by atoms with Crippen LogP contribution in [0.2, 0.25) is 10.0 Å². The number of hydrogen-bond acceptors (Lipinski definition) is 7. The molecule has 1 heterocycles. The first-order valence-electron chi connectivity index (χ1n) is 16.0. The zero-order chi connectivity index (χ0) is 35.6. The number of nitro benzene ring substituents is 1. The zero-order valence-electron chi connectivity index (χ0n) is 26.4. The summed E-state index contributed by atoms with van der Waals surface area (Å²) in [5.74, 6) is -4.20. The lowest BCUT2D eigenvalue weighted by Crippen LogP contribution is -2.52. The van der Waals surface area contributed by atoms with Gasteiger partial charge < -0.3 is 4.74 Å². The van der Waals surface area contributed by atoms with Gasteiger partial charge in [0.1, 0.15) is 18.0 Å². The summed E-state index contributed by atoms with van der Waals surface area (Å²) >= 11 is 12.6. The Morgan fingerprint density at radius 3 is 1.69 bits per heavy atom. The summed E-state index contributed by atoms with van der Waals surface area (Å²) in [5.41, 5.74) is 3.94. The van der Waals surface area contributed by atoms with Crippen LogP contribution >= 0.6 is 23.2 Å². The van der Waals surface area contributed by atoms with Gasteiger partial charge in [-0.3, -0.25) is 29.3 Å². The molecule has 12 heteroatoms. The molecule has 252 valence electrons. The number of ketones is 1. The number of halogens is 2. The summed E-state index contributed by atoms with van der Waals surface area (Å²) in [6, 6.07) is 31.4. The number of nitrogens with zero attached hydrogens (tertiary/aromatic N) is 3. The maximum Gasteiger partial charge on any atom is 0.274 e. The highest BCUT2D eigenvalue weighted by Gasteiger charge is 2.63. The fourth-order valence-corrected chi connectivity index (χ4v) is 8.13. The van der Waals surface area contributed by atoms with Gasteiger partial charge in [-0.15, -0.1) is 0 Å². The van der Waals surface area contributed by atoms with Crippen LogP contribution < -0.4 is 4.74 Å². The Morgan fingerprint density at radius 1 is 0.725 bits per heavy atom. The smallest absolute Gasteiger partial charge is 0.274 e. The van der Waals surface area contributed by atoms with Crippen molar-refractivity contribution in [3.05, 3.63) is 169 Å². The predicted molar refractivity (Wildman–Crippen MR) is 187 cm³/mol. The van der Waals surface area contributed by atoms with Gasteiger partial charge in [-0.05, 0) is 76.9 Å². The average Bonchev–Trinajstić information content (AvgIpc) is 3.40. The Hall–Kier alpha value is -5.84. The van der Waals surface area contributed by atoms with E-state index in [-0.39, 0.29) is 26.9 Å². The fourth-order valence-electron chi connectivity index (χ4n) is 7.64. The topological polar surface area (TPSA) is 127 Å². The van der Waals surface area contributed by atoms with Crippen molar-refractivity contribution in [2.24, 2.45) is 11.8 Å². The van der Waals surface area contributed by atoms with E-state index in [1.807, 2.05) is 48.5 Å². The minimum atomic E-state index is -0.814. The van der Waals surface area contributed by atoms with E-state index in [1.165, 1.54) is 66.7 Å². The number of rotatable bonds is 8. The Labute approximate surface area is 300 Å². The van der Waals surface area contributed by atoms with E-state index in [9.17, 15) is 29.3 Å². The normalized spacial score (nSPS) is 19.6. The quantitative estimate of drug-likeness (QED) is 0.0693. The standard InChI is InChI=1S/C39H25Cl2N3O7/c40-22-11-18-30(31(41)19-22)37(46)42(20-32(45)21-9-14-24(15-10-21)51-25-16-12-23(13-17-25)44(49)50)43-38(47)35-33-26-5-1-2-6-27(26)34(36(35)39(43)48)29-8-4-3-7-28(29)33/h1-19,33-36H,20H2/t33?,34?,35-,36+. The highest BCUT2D eigenvalue weighted by molar-refractivity contribution is 6.36. The highest BCUT2D eigenvalue weighted by atomic mass is 35.5. The van der Waals surface area contributed by atoms with Crippen LogP contribution in [0.1, 0.15) is 54.8 Å². The zero-order valence-corrected chi connectivity index (χ0v) is 28.0. The van der Waals surface area contributed by atoms with Gasteiger partial charge in [0, 0.05) is 34.6 Å². The summed E-state index contributed by atoms with van der Waals surface area (Å²) in [4.78, 5) is 67.8. The number of benzene rings is 5. The molecule has 0 N–H and O–H groups in total. The first-order chi connectivity index (χ1) is 24.6. The molecule has 10 nitrogen and oxygen atoms in total. The average molecular weight is 719 g/mol. The third-order valence-electron chi connectivity index (χ3n) is 9.82. The van der Waals surface area contributed by atoms with Gasteiger partial charge in [0.15, 0.2) is 5.78 Å². The van der Waals surface area contributed by atoms with Gasteiger partial charge in [0.2, 0.25) is 0 Å². The van der Waals surface area contributed by atoms with Crippen molar-refractivity contribution in [1.29, 1.82) is 0 Å². The van der Waals surface area contributed by atoms with E-state index in [4.69, 9.17) is 27.9 Å². The number of Topliss-reactive ketones (excluding diaryl/α,β-unsaturated/α-hetero) is 1. The molecule has 3 aliphatic carbocycles. The molecule has 0 unspecified atom stereocenters. The second-order valence-electron chi connectivity index (χ2n) is 12.5. The van der Waals surface area contributed by atoms with E-state index in [0.717, 1.165) is 32.3 Å². The Kier molecular flexibility index (Phi) is 7.93. The number of hydrogen-bond donors (Lipinski definition) is 0. The van der Waals surface area contributed by atoms with Crippen LogP contribution in [0.3, 0.4) is 0 Å². The number of carbonyl (C=O) groups is 4. The van der Waals surface area contributed by atoms with Crippen LogP contribution in [0.15, 0.2) is 115 Å². The Bertz CT molecular complexity index is 2180. The summed E-state index contributed by atoms with van der Waals surface area (Å²) in [7, 11) is 0. The SMILES string of the molecule is O=C(CN(C(=O)c1ccc(Cl)cc1Cl)N1C(=O)[C@@H]2C3c4ccccc4C(c4ccccc43)[C@@H]2C1=O)c1ccc(Oc2ccc([N+](=O)[O-])cc2)cc1. The molecule has 5 aromatic rings. The van der Waals surface area contributed by atoms with Gasteiger partial charge in [-0.25, -0.2) is 5.01 Å². The number of nitro groups is 1. The van der Waals surface area contributed by atoms with Crippen molar-refractivity contribution in [3.63, 3.8) is 0 Å². The molecule has 0 aromatic heterocycles. The minimum absolute atomic E-state index is 0.00548. The van der Waals surface area contributed by atoms with E-state index in [2.05, 4.69) is 0 Å². The second-order valence-corrected chi connectivity index (χ2v) is 13.4. The third kappa shape index (κ3) is 5.35. The third-order valence-corrected chi connectivity index (χ3v) is 10.4. The molecule has 0 spiro atoms. The van der Waals surface area contributed by atoms with Crippen molar-refractivity contribution in [1.82, 2.24) is 10.0 Å². The van der Waals surface area contributed by atoms with Crippen molar-refractivity contribution < 1.29 is 28.8 Å². The number of hydrazine groups is 1. The highest BCUT2D eigenvalue weighted by Crippen LogP contribution is 2.61. The van der Waals surface area contributed by atoms with Crippen LogP contribution in [0, 0.1) is 22.0 Å². The molecule has 0 radical (unpaired) electrons. The van der Waals surface area contributed by atoms with Crippen molar-refractivity contribution in [2.75, 3.05) is 6.54 Å². The molecule has 9 rings (SSSR count). The molecule has 2 atom stereocenters. The molecule has 3 amide bonds. The Balaban J connectivity index is 1.13. The molecule has 2 bridgehead atoms. The molecular formula is C39H25Cl2N3O7. The van der Waals surface area contributed by atoms with E-state index in [1.54, 1.807) is 0 Å². The minimum Gasteiger partial charge on any atom is -0.457 e. The first kappa shape index (κ1) is 32.4. The summed E-state index contributed by atoms with van der Waals surface area (Å²) in [6.45, 7) is -0.646. The largest absolute Gasteiger partial charge is 0.457 e. The lowest BCUT2D eigenvalue weighted by atomic mass is 9.55. The molecule has 1 fully saturated rings. The van der Waals surface area contributed by atoms with Crippen molar-refractivity contribution in [2.45, 2.75) is 11.8 Å². The maximum atomic E-state index is 14.6. The van der Waals surface area contributed by atoms with Gasteiger partial charge in [-0.1, -0.05) is 71.7 Å². The molecule has 1 saturated heterocycles. The maximum absolute atomic E-state index is 14.6. The van der Waals surface area contributed by atoms with Crippen LogP contribution in [-0.2, 0) is 9.59 Å². The summed E-state index contributed by atoms with van der Waals surface area (Å²) < 4.78 is 5.77. The second kappa shape index (κ2) is 12.5. The molecule has 5 aromatic carbocycles. The molecular weight excluding hydrogens is 693 g/mol. The number of imide groups is 1. The first-order valence-corrected chi connectivity index (χ1v) is 16.8.